The number of aliphatic imine (C=N–C) groups is 1. The zero-order valence-corrected chi connectivity index (χ0v) is 17.7. The molecule has 1 aliphatic rings. The minimum absolute atomic E-state index is 0. The lowest BCUT2D eigenvalue weighted by atomic mass is 10.0. The van der Waals surface area contributed by atoms with Gasteiger partial charge in [0.15, 0.2) is 5.96 Å². The summed E-state index contributed by atoms with van der Waals surface area (Å²) in [6.07, 6.45) is -3.53. The van der Waals surface area contributed by atoms with Gasteiger partial charge in [-0.15, -0.1) is 24.0 Å². The Labute approximate surface area is 175 Å². The Balaban J connectivity index is 0.00000364. The van der Waals surface area contributed by atoms with E-state index in [9.17, 15) is 18.3 Å². The third-order valence-electron chi connectivity index (χ3n) is 4.32. The molecule has 0 radical (unpaired) electrons. The quantitative estimate of drug-likeness (QED) is 0.306. The molecule has 0 spiro atoms. The number of rotatable bonds is 7. The Bertz CT molecular complexity index is 571. The molecular formula is C18H28F3IN4O. The monoisotopic (exact) mass is 500 g/mol. The molecule has 2 unspecified atom stereocenters. The molecule has 0 saturated carbocycles. The molecule has 0 aliphatic carbocycles. The molecule has 9 heteroatoms. The van der Waals surface area contributed by atoms with Crippen LogP contribution in [0.1, 0.15) is 24.8 Å². The molecular weight excluding hydrogens is 472 g/mol. The Morgan fingerprint density at radius 2 is 2.04 bits per heavy atom. The van der Waals surface area contributed by atoms with Gasteiger partial charge in [-0.05, 0) is 18.9 Å². The smallest absolute Gasteiger partial charge is 0.396 e. The molecule has 2 atom stereocenters. The molecule has 1 aliphatic heterocycles. The summed E-state index contributed by atoms with van der Waals surface area (Å²) in [5, 5.41) is 16.0. The summed E-state index contributed by atoms with van der Waals surface area (Å²) in [5.41, 5.74) is 1.01. The van der Waals surface area contributed by atoms with E-state index in [1.54, 1.807) is 0 Å². The highest BCUT2D eigenvalue weighted by Crippen LogP contribution is 2.20. The van der Waals surface area contributed by atoms with Crippen molar-refractivity contribution < 1.29 is 18.3 Å². The first-order valence-corrected chi connectivity index (χ1v) is 8.91. The third kappa shape index (κ3) is 8.65. The van der Waals surface area contributed by atoms with Crippen LogP contribution in [0, 0.1) is 0 Å². The van der Waals surface area contributed by atoms with Gasteiger partial charge in [0.25, 0.3) is 0 Å². The van der Waals surface area contributed by atoms with Crippen LogP contribution in [-0.4, -0.2) is 67.5 Å². The first-order valence-electron chi connectivity index (χ1n) is 8.91. The Hall–Kier alpha value is -1.07. The summed E-state index contributed by atoms with van der Waals surface area (Å²) in [7, 11) is 0. The van der Waals surface area contributed by atoms with E-state index < -0.39 is 12.7 Å². The van der Waals surface area contributed by atoms with Crippen LogP contribution in [-0.2, 0) is 0 Å². The number of alkyl halides is 3. The van der Waals surface area contributed by atoms with E-state index in [1.807, 2.05) is 37.3 Å². The molecule has 3 N–H and O–H groups in total. The number of halogens is 4. The maximum Gasteiger partial charge on any atom is 0.401 e. The van der Waals surface area contributed by atoms with Gasteiger partial charge in [-0.25, -0.2) is 0 Å². The van der Waals surface area contributed by atoms with Crippen molar-refractivity contribution in [3.63, 3.8) is 0 Å². The van der Waals surface area contributed by atoms with Crippen LogP contribution >= 0.6 is 24.0 Å². The van der Waals surface area contributed by atoms with Crippen LogP contribution in [0.4, 0.5) is 13.2 Å². The van der Waals surface area contributed by atoms with Gasteiger partial charge in [-0.1, -0.05) is 30.3 Å². The van der Waals surface area contributed by atoms with Crippen molar-refractivity contribution in [2.45, 2.75) is 31.5 Å². The highest BCUT2D eigenvalue weighted by Gasteiger charge is 2.34. The SMILES string of the molecule is CCNC(=NCC(CO)c1ccccc1)NC1CCN(CC(F)(F)F)C1.I. The number of hydrogen-bond acceptors (Lipinski definition) is 3. The minimum atomic E-state index is -4.17. The summed E-state index contributed by atoms with van der Waals surface area (Å²) >= 11 is 0. The number of benzene rings is 1. The second-order valence-corrected chi connectivity index (χ2v) is 6.49. The highest BCUT2D eigenvalue weighted by atomic mass is 127. The van der Waals surface area contributed by atoms with Gasteiger partial charge in [0.1, 0.15) is 0 Å². The number of aliphatic hydroxyl groups is 1. The van der Waals surface area contributed by atoms with Crippen LogP contribution in [0.3, 0.4) is 0 Å². The molecule has 27 heavy (non-hydrogen) atoms. The molecule has 1 saturated heterocycles. The van der Waals surface area contributed by atoms with Crippen LogP contribution in [0.25, 0.3) is 0 Å². The summed E-state index contributed by atoms with van der Waals surface area (Å²) in [6, 6.07) is 9.57. The van der Waals surface area contributed by atoms with Crippen molar-refractivity contribution in [2.24, 2.45) is 4.99 Å². The molecule has 1 heterocycles. The second-order valence-electron chi connectivity index (χ2n) is 6.49. The maximum atomic E-state index is 12.5. The van der Waals surface area contributed by atoms with Gasteiger partial charge in [-0.3, -0.25) is 9.89 Å². The summed E-state index contributed by atoms with van der Waals surface area (Å²) < 4.78 is 37.5. The zero-order valence-electron chi connectivity index (χ0n) is 15.4. The molecule has 0 bridgehead atoms. The number of nitrogens with zero attached hydrogens (tertiary/aromatic N) is 2. The van der Waals surface area contributed by atoms with Gasteiger partial charge in [0, 0.05) is 31.6 Å². The van der Waals surface area contributed by atoms with Crippen molar-refractivity contribution in [3.05, 3.63) is 35.9 Å². The molecule has 0 aromatic heterocycles. The predicted octanol–water partition coefficient (Wildman–Crippen LogP) is 2.57. The van der Waals surface area contributed by atoms with E-state index in [1.165, 1.54) is 4.90 Å². The standard InChI is InChI=1S/C18H27F3N4O.HI/c1-2-22-17(23-10-15(12-26)14-6-4-3-5-7-14)24-16-8-9-25(11-16)13-18(19,20)21;/h3-7,15-16,26H,2,8-13H2,1H3,(H2,22,23,24);1H. The molecule has 1 aromatic carbocycles. The first kappa shape index (κ1) is 24.0. The third-order valence-corrected chi connectivity index (χ3v) is 4.32. The highest BCUT2D eigenvalue weighted by molar-refractivity contribution is 14.0. The van der Waals surface area contributed by atoms with Crippen molar-refractivity contribution in [3.8, 4) is 0 Å². The fourth-order valence-electron chi connectivity index (χ4n) is 3.06. The zero-order chi connectivity index (χ0) is 19.0. The molecule has 1 aromatic rings. The fraction of sp³-hybridized carbons (Fsp3) is 0.611. The summed E-state index contributed by atoms with van der Waals surface area (Å²) in [6.45, 7) is 2.85. The first-order chi connectivity index (χ1) is 12.4. The maximum absolute atomic E-state index is 12.5. The lowest BCUT2D eigenvalue weighted by Crippen LogP contribution is -2.45. The summed E-state index contributed by atoms with van der Waals surface area (Å²) in [5.74, 6) is 0.456. The van der Waals surface area contributed by atoms with Crippen molar-refractivity contribution in [1.82, 2.24) is 15.5 Å². The van der Waals surface area contributed by atoms with Crippen LogP contribution in [0.15, 0.2) is 35.3 Å². The van der Waals surface area contributed by atoms with E-state index in [0.717, 1.165) is 5.56 Å². The number of nitrogens with one attached hydrogen (secondary N) is 2. The van der Waals surface area contributed by atoms with Crippen molar-refractivity contribution >= 4 is 29.9 Å². The lowest BCUT2D eigenvalue weighted by Gasteiger charge is -2.20. The number of likely N-dealkylation sites (tertiary alicyclic amines) is 1. The van der Waals surface area contributed by atoms with E-state index >= 15 is 0 Å². The van der Waals surface area contributed by atoms with Gasteiger partial charge < -0.3 is 15.7 Å². The Kier molecular flexibility index (Phi) is 10.4. The number of guanidine groups is 1. The number of aliphatic hydroxyl groups excluding tert-OH is 1. The fourth-order valence-corrected chi connectivity index (χ4v) is 3.06. The molecule has 5 nitrogen and oxygen atoms in total. The van der Waals surface area contributed by atoms with E-state index in [2.05, 4.69) is 15.6 Å². The molecule has 0 amide bonds. The normalized spacial score (nSPS) is 19.4. The molecule has 154 valence electrons. The van der Waals surface area contributed by atoms with Crippen LogP contribution in [0.2, 0.25) is 0 Å². The van der Waals surface area contributed by atoms with Gasteiger partial charge >= 0.3 is 6.18 Å². The molecule has 2 rings (SSSR count). The van der Waals surface area contributed by atoms with Crippen LogP contribution < -0.4 is 10.6 Å². The summed E-state index contributed by atoms with van der Waals surface area (Å²) in [4.78, 5) is 5.92. The average Bonchev–Trinajstić information content (AvgIpc) is 3.01. The lowest BCUT2D eigenvalue weighted by molar-refractivity contribution is -0.143. The molecule has 1 fully saturated rings. The topological polar surface area (TPSA) is 59.9 Å². The minimum Gasteiger partial charge on any atom is -0.396 e. The van der Waals surface area contributed by atoms with Crippen LogP contribution in [0.5, 0.6) is 0 Å². The Morgan fingerprint density at radius 3 is 2.63 bits per heavy atom. The van der Waals surface area contributed by atoms with Crippen molar-refractivity contribution in [1.29, 1.82) is 0 Å². The largest absolute Gasteiger partial charge is 0.401 e. The van der Waals surface area contributed by atoms with E-state index in [4.69, 9.17) is 0 Å². The second kappa shape index (κ2) is 11.7. The van der Waals surface area contributed by atoms with Gasteiger partial charge in [-0.2, -0.15) is 13.2 Å². The Morgan fingerprint density at radius 1 is 1.33 bits per heavy atom. The average molecular weight is 500 g/mol. The van der Waals surface area contributed by atoms with Crippen molar-refractivity contribution in [2.75, 3.05) is 39.3 Å². The van der Waals surface area contributed by atoms with Gasteiger partial charge in [0.2, 0.25) is 0 Å². The van der Waals surface area contributed by atoms with E-state index in [-0.39, 0.29) is 42.5 Å². The number of hydrogen-bond donors (Lipinski definition) is 3. The van der Waals surface area contributed by atoms with E-state index in [0.29, 0.717) is 38.6 Å². The van der Waals surface area contributed by atoms with Gasteiger partial charge in [0.05, 0.1) is 19.7 Å². The predicted molar refractivity (Wildman–Crippen MR) is 112 cm³/mol.